The van der Waals surface area contributed by atoms with Gasteiger partial charge in [0, 0.05) is 6.42 Å². The Morgan fingerprint density at radius 2 is 1.45 bits per heavy atom. The first-order valence-electron chi connectivity index (χ1n) is 8.05. The molecule has 0 amide bonds. The third kappa shape index (κ3) is 8.45. The quantitative estimate of drug-likeness (QED) is 0.549. The fourth-order valence-electron chi connectivity index (χ4n) is 2.24. The lowest BCUT2D eigenvalue weighted by Gasteiger charge is -2.06. The van der Waals surface area contributed by atoms with Gasteiger partial charge in [-0.3, -0.25) is 4.79 Å². The summed E-state index contributed by atoms with van der Waals surface area (Å²) in [5.74, 6) is -0.201. The van der Waals surface area contributed by atoms with E-state index in [2.05, 4.69) is 0 Å². The standard InChI is InChI=1S/C18H25O4/c19-14-8-6-4-2-1-3-5-7-9-15-22-17-12-10-16(11-13-17)18(20)21/h10-13H,1-9,15H2,(H,20,21). The largest absolute Gasteiger partial charge is 0.494 e. The predicted molar refractivity (Wildman–Crippen MR) is 86.1 cm³/mol. The first kappa shape index (κ1) is 18.2. The van der Waals surface area contributed by atoms with Crippen molar-refractivity contribution in [2.24, 2.45) is 0 Å². The summed E-state index contributed by atoms with van der Waals surface area (Å²) in [6.45, 7) is 0.668. The van der Waals surface area contributed by atoms with Crippen LogP contribution in [0.2, 0.25) is 0 Å². The lowest BCUT2D eigenvalue weighted by molar-refractivity contribution is 0.0697. The van der Waals surface area contributed by atoms with E-state index in [1.165, 1.54) is 25.7 Å². The molecule has 0 saturated carbocycles. The molecule has 1 radical (unpaired) electrons. The molecule has 0 spiro atoms. The van der Waals surface area contributed by atoms with Crippen LogP contribution in [0.25, 0.3) is 0 Å². The molecule has 0 bridgehead atoms. The van der Waals surface area contributed by atoms with Crippen LogP contribution in [0.3, 0.4) is 0 Å². The van der Waals surface area contributed by atoms with Gasteiger partial charge in [0.05, 0.1) is 12.2 Å². The Morgan fingerprint density at radius 1 is 0.909 bits per heavy atom. The molecule has 0 unspecified atom stereocenters. The van der Waals surface area contributed by atoms with Crippen molar-refractivity contribution in [3.05, 3.63) is 29.8 Å². The molecule has 0 atom stereocenters. The normalized spacial score (nSPS) is 10.4. The van der Waals surface area contributed by atoms with Crippen LogP contribution >= 0.6 is 0 Å². The average molecular weight is 305 g/mol. The molecule has 0 heterocycles. The number of carbonyl (C=O) groups excluding carboxylic acids is 1. The number of unbranched alkanes of at least 4 members (excludes halogenated alkanes) is 8. The van der Waals surface area contributed by atoms with Crippen LogP contribution in [0.15, 0.2) is 24.3 Å². The summed E-state index contributed by atoms with van der Waals surface area (Å²) >= 11 is 0. The van der Waals surface area contributed by atoms with E-state index in [4.69, 9.17) is 9.84 Å². The molecular formula is C18H25O4. The van der Waals surface area contributed by atoms with Crippen molar-refractivity contribution in [1.29, 1.82) is 0 Å². The van der Waals surface area contributed by atoms with Crippen molar-refractivity contribution < 1.29 is 19.4 Å². The van der Waals surface area contributed by atoms with Gasteiger partial charge in [0.2, 0.25) is 0 Å². The second-order valence-electron chi connectivity index (χ2n) is 5.40. The number of carboxylic acid groups (broad SMARTS) is 1. The van der Waals surface area contributed by atoms with Gasteiger partial charge in [0.1, 0.15) is 5.75 Å². The monoisotopic (exact) mass is 305 g/mol. The van der Waals surface area contributed by atoms with Crippen LogP contribution in [-0.2, 0) is 4.79 Å². The lowest BCUT2D eigenvalue weighted by Crippen LogP contribution is -1.99. The SMILES string of the molecule is O=[C]CCCCCCCCCCOc1ccc(C(=O)O)cc1. The maximum atomic E-state index is 10.7. The van der Waals surface area contributed by atoms with Gasteiger partial charge < -0.3 is 9.84 Å². The van der Waals surface area contributed by atoms with Crippen LogP contribution in [0.1, 0.15) is 68.1 Å². The van der Waals surface area contributed by atoms with E-state index in [-0.39, 0.29) is 5.56 Å². The molecule has 1 aromatic rings. The fraction of sp³-hybridized carbons (Fsp3) is 0.556. The minimum absolute atomic E-state index is 0.276. The fourth-order valence-corrected chi connectivity index (χ4v) is 2.24. The molecule has 22 heavy (non-hydrogen) atoms. The molecule has 4 nitrogen and oxygen atoms in total. The van der Waals surface area contributed by atoms with Crippen molar-refractivity contribution >= 4 is 12.3 Å². The van der Waals surface area contributed by atoms with E-state index in [1.54, 1.807) is 24.3 Å². The molecule has 0 saturated heterocycles. The molecular weight excluding hydrogens is 280 g/mol. The average Bonchev–Trinajstić information content (AvgIpc) is 2.53. The molecule has 0 fully saturated rings. The Bertz CT molecular complexity index is 425. The third-order valence-electron chi connectivity index (χ3n) is 3.54. The Labute approximate surface area is 132 Å². The highest BCUT2D eigenvalue weighted by atomic mass is 16.5. The van der Waals surface area contributed by atoms with E-state index in [9.17, 15) is 9.59 Å². The van der Waals surface area contributed by atoms with Crippen molar-refractivity contribution in [2.75, 3.05) is 6.61 Å². The zero-order valence-electron chi connectivity index (χ0n) is 13.1. The van der Waals surface area contributed by atoms with Gasteiger partial charge >= 0.3 is 5.97 Å². The highest BCUT2D eigenvalue weighted by molar-refractivity contribution is 5.87. The van der Waals surface area contributed by atoms with Crippen LogP contribution in [0.4, 0.5) is 0 Å². The summed E-state index contributed by atoms with van der Waals surface area (Å²) in [7, 11) is 0. The smallest absolute Gasteiger partial charge is 0.335 e. The number of carboxylic acids is 1. The molecule has 1 N–H and O–H groups in total. The van der Waals surface area contributed by atoms with Gasteiger partial charge in [-0.15, -0.1) is 0 Å². The first-order chi connectivity index (χ1) is 10.7. The first-order valence-corrected chi connectivity index (χ1v) is 8.05. The van der Waals surface area contributed by atoms with Crippen LogP contribution in [0.5, 0.6) is 5.75 Å². The van der Waals surface area contributed by atoms with Crippen molar-refractivity contribution in [3.63, 3.8) is 0 Å². The van der Waals surface area contributed by atoms with Crippen molar-refractivity contribution in [3.8, 4) is 5.75 Å². The summed E-state index contributed by atoms with van der Waals surface area (Å²) in [6.07, 6.45) is 11.6. The summed E-state index contributed by atoms with van der Waals surface area (Å²) in [4.78, 5) is 20.7. The summed E-state index contributed by atoms with van der Waals surface area (Å²) in [5, 5.41) is 8.80. The Morgan fingerprint density at radius 3 is 2.00 bits per heavy atom. The molecule has 0 aliphatic carbocycles. The Balaban J connectivity index is 1.95. The number of aromatic carboxylic acids is 1. The molecule has 4 heteroatoms. The number of hydrogen-bond donors (Lipinski definition) is 1. The lowest BCUT2D eigenvalue weighted by atomic mass is 10.1. The molecule has 0 aliphatic rings. The zero-order valence-corrected chi connectivity index (χ0v) is 13.1. The van der Waals surface area contributed by atoms with E-state index in [1.807, 2.05) is 6.29 Å². The minimum Gasteiger partial charge on any atom is -0.494 e. The van der Waals surface area contributed by atoms with E-state index < -0.39 is 5.97 Å². The van der Waals surface area contributed by atoms with Crippen LogP contribution < -0.4 is 4.74 Å². The third-order valence-corrected chi connectivity index (χ3v) is 3.54. The number of carbonyl (C=O) groups is 1. The van der Waals surface area contributed by atoms with E-state index in [0.717, 1.165) is 31.4 Å². The van der Waals surface area contributed by atoms with Gasteiger partial charge in [0.15, 0.2) is 6.29 Å². The number of hydrogen-bond acceptors (Lipinski definition) is 3. The Hall–Kier alpha value is -1.84. The second-order valence-corrected chi connectivity index (χ2v) is 5.40. The Kier molecular flexibility index (Phi) is 9.75. The zero-order chi connectivity index (χ0) is 16.0. The second kappa shape index (κ2) is 11.8. The van der Waals surface area contributed by atoms with Gasteiger partial charge in [-0.1, -0.05) is 38.5 Å². The van der Waals surface area contributed by atoms with E-state index >= 15 is 0 Å². The maximum absolute atomic E-state index is 10.7. The minimum atomic E-state index is -0.921. The number of benzene rings is 1. The van der Waals surface area contributed by atoms with Gasteiger partial charge in [-0.2, -0.15) is 0 Å². The highest BCUT2D eigenvalue weighted by Crippen LogP contribution is 2.14. The van der Waals surface area contributed by atoms with Gasteiger partial charge in [-0.05, 0) is 37.1 Å². The van der Waals surface area contributed by atoms with E-state index in [0.29, 0.717) is 13.0 Å². The summed E-state index contributed by atoms with van der Waals surface area (Å²) in [6, 6.07) is 6.50. The molecule has 0 aromatic heterocycles. The number of rotatable bonds is 13. The molecule has 1 rings (SSSR count). The summed E-state index contributed by atoms with van der Waals surface area (Å²) in [5.41, 5.74) is 0.276. The van der Waals surface area contributed by atoms with Gasteiger partial charge in [0.25, 0.3) is 0 Å². The highest BCUT2D eigenvalue weighted by Gasteiger charge is 2.01. The van der Waals surface area contributed by atoms with Crippen molar-refractivity contribution in [1.82, 2.24) is 0 Å². The van der Waals surface area contributed by atoms with Gasteiger partial charge in [-0.25, -0.2) is 4.79 Å². The molecule has 1 aromatic carbocycles. The summed E-state index contributed by atoms with van der Waals surface area (Å²) < 4.78 is 5.58. The van der Waals surface area contributed by atoms with Crippen LogP contribution in [-0.4, -0.2) is 24.0 Å². The van der Waals surface area contributed by atoms with Crippen LogP contribution in [0, 0.1) is 0 Å². The van der Waals surface area contributed by atoms with Crippen molar-refractivity contribution in [2.45, 2.75) is 57.8 Å². The maximum Gasteiger partial charge on any atom is 0.335 e. The predicted octanol–water partition coefficient (Wildman–Crippen LogP) is 4.38. The topological polar surface area (TPSA) is 63.6 Å². The number of ether oxygens (including phenoxy) is 1. The molecule has 0 aliphatic heterocycles. The molecule has 121 valence electrons.